The topological polar surface area (TPSA) is 128 Å². The number of anilines is 2. The molecule has 0 saturated carbocycles. The van der Waals surface area contributed by atoms with E-state index < -0.39 is 27.6 Å². The summed E-state index contributed by atoms with van der Waals surface area (Å²) >= 11 is 0. The first-order chi connectivity index (χ1) is 19.1. The lowest BCUT2D eigenvalue weighted by atomic mass is 10.3. The van der Waals surface area contributed by atoms with Gasteiger partial charge in [0.1, 0.15) is 0 Å². The van der Waals surface area contributed by atoms with Crippen molar-refractivity contribution in [2.24, 2.45) is 0 Å². The number of hydrogen-bond acceptors (Lipinski definition) is 7. The summed E-state index contributed by atoms with van der Waals surface area (Å²) in [5, 5.41) is -0.0757. The van der Waals surface area contributed by atoms with E-state index in [4.69, 9.17) is 9.05 Å². The molecule has 3 aromatic carbocycles. The van der Waals surface area contributed by atoms with Crippen LogP contribution in [-0.4, -0.2) is 30.0 Å². The Morgan fingerprint density at radius 3 is 1.60 bits per heavy atom. The van der Waals surface area contributed by atoms with Crippen LogP contribution in [0.25, 0.3) is 0 Å². The normalized spacial score (nSPS) is 12.2. The molecule has 0 fully saturated rings. The predicted octanol–water partition coefficient (Wildman–Crippen LogP) is 6.52. The molecule has 2 N–H and O–H groups in total. The maximum atomic E-state index is 14.3. The first-order valence-electron chi connectivity index (χ1n) is 13.3. The van der Waals surface area contributed by atoms with Crippen molar-refractivity contribution in [3.05, 3.63) is 78.9 Å². The zero-order valence-corrected chi connectivity index (χ0v) is 25.3. The third-order valence-electron chi connectivity index (χ3n) is 5.91. The molecule has 0 unspecified atom stereocenters. The van der Waals surface area contributed by atoms with Crippen molar-refractivity contribution >= 4 is 44.3 Å². The molecule has 0 heterocycles. The SMILES string of the molecule is CCCCCOP(=O)(OCCCCC)c1cc(NS(=O)(=O)c2ccccc2)ccc1NS(=O)(=O)c1ccccc1. The fourth-order valence-electron chi connectivity index (χ4n) is 3.78. The molecule has 0 aliphatic carbocycles. The summed E-state index contributed by atoms with van der Waals surface area (Å²) in [5.74, 6) is 0. The molecule has 0 atom stereocenters. The summed E-state index contributed by atoms with van der Waals surface area (Å²) in [6, 6.07) is 19.6. The number of sulfonamides is 2. The highest BCUT2D eigenvalue weighted by molar-refractivity contribution is 7.93. The summed E-state index contributed by atoms with van der Waals surface area (Å²) in [6.07, 6.45) is 4.79. The Labute approximate surface area is 238 Å². The van der Waals surface area contributed by atoms with E-state index in [0.717, 1.165) is 25.7 Å². The zero-order valence-electron chi connectivity index (χ0n) is 22.8. The van der Waals surface area contributed by atoms with Gasteiger partial charge in [-0.15, -0.1) is 0 Å². The minimum atomic E-state index is -4.09. The van der Waals surface area contributed by atoms with Gasteiger partial charge in [-0.1, -0.05) is 75.9 Å². The van der Waals surface area contributed by atoms with Gasteiger partial charge in [0.25, 0.3) is 20.0 Å². The monoisotopic (exact) mass is 608 g/mol. The van der Waals surface area contributed by atoms with E-state index in [1.54, 1.807) is 36.4 Å². The van der Waals surface area contributed by atoms with Crippen LogP contribution in [0.15, 0.2) is 88.7 Å². The van der Waals surface area contributed by atoms with Crippen LogP contribution in [0.4, 0.5) is 11.4 Å². The van der Waals surface area contributed by atoms with Crippen molar-refractivity contribution in [3.63, 3.8) is 0 Å². The lowest BCUT2D eigenvalue weighted by molar-refractivity contribution is 0.207. The highest BCUT2D eigenvalue weighted by Crippen LogP contribution is 2.50. The van der Waals surface area contributed by atoms with E-state index in [0.29, 0.717) is 12.8 Å². The van der Waals surface area contributed by atoms with Crippen LogP contribution in [0.5, 0.6) is 0 Å². The summed E-state index contributed by atoms with van der Waals surface area (Å²) in [6.45, 7) is 4.31. The fraction of sp³-hybridized carbons (Fsp3) is 0.357. The van der Waals surface area contributed by atoms with Crippen LogP contribution >= 0.6 is 7.60 Å². The molecule has 218 valence electrons. The quantitative estimate of drug-likeness (QED) is 0.132. The minimum Gasteiger partial charge on any atom is -0.305 e. The van der Waals surface area contributed by atoms with Crippen molar-refractivity contribution in [2.45, 2.75) is 62.2 Å². The van der Waals surface area contributed by atoms with Gasteiger partial charge in [0.05, 0.1) is 34.0 Å². The van der Waals surface area contributed by atoms with Crippen LogP contribution in [-0.2, 0) is 33.7 Å². The molecule has 0 saturated heterocycles. The first kappa shape index (κ1) is 31.8. The molecule has 9 nitrogen and oxygen atoms in total. The van der Waals surface area contributed by atoms with E-state index >= 15 is 0 Å². The molecule has 0 aromatic heterocycles. The summed E-state index contributed by atoms with van der Waals surface area (Å²) in [5.41, 5.74) is 0.0527. The van der Waals surface area contributed by atoms with E-state index in [1.807, 2.05) is 13.8 Å². The van der Waals surface area contributed by atoms with Gasteiger partial charge in [-0.25, -0.2) is 16.8 Å². The van der Waals surface area contributed by atoms with Crippen LogP contribution in [0.1, 0.15) is 52.4 Å². The maximum Gasteiger partial charge on any atom is 0.363 e. The molecular weight excluding hydrogens is 571 g/mol. The van der Waals surface area contributed by atoms with Gasteiger partial charge >= 0.3 is 7.60 Å². The van der Waals surface area contributed by atoms with Crippen molar-refractivity contribution in [1.29, 1.82) is 0 Å². The Balaban J connectivity index is 2.06. The highest BCUT2D eigenvalue weighted by Gasteiger charge is 2.33. The second kappa shape index (κ2) is 14.8. The Hall–Kier alpha value is -2.69. The Bertz CT molecular complexity index is 1470. The van der Waals surface area contributed by atoms with Gasteiger partial charge < -0.3 is 9.05 Å². The number of rotatable bonds is 17. The number of unbranched alkanes of at least 4 members (excludes halogenated alkanes) is 4. The highest BCUT2D eigenvalue weighted by atomic mass is 32.2. The summed E-state index contributed by atoms with van der Waals surface area (Å²) in [7, 11) is -12.1. The molecule has 0 radical (unpaired) electrons. The van der Waals surface area contributed by atoms with Gasteiger partial charge in [0.15, 0.2) is 0 Å². The molecule has 0 bridgehead atoms. The second-order valence-electron chi connectivity index (χ2n) is 9.15. The minimum absolute atomic E-state index is 0.0115. The predicted molar refractivity (Wildman–Crippen MR) is 159 cm³/mol. The average molecular weight is 609 g/mol. The van der Waals surface area contributed by atoms with Crippen molar-refractivity contribution in [2.75, 3.05) is 22.7 Å². The molecule has 40 heavy (non-hydrogen) atoms. The third kappa shape index (κ3) is 8.91. The number of hydrogen-bond donors (Lipinski definition) is 2. The van der Waals surface area contributed by atoms with E-state index in [9.17, 15) is 21.4 Å². The standard InChI is InChI=1S/C28H37N2O7PS2/c1-3-5-13-21-36-38(31,37-22-14-6-4-2)28-23-24(29-39(32,33)25-15-9-7-10-16-25)19-20-27(28)30-40(34,35)26-17-11-8-12-18-26/h7-12,15-20,23,29-30H,3-6,13-14,21-22H2,1-2H3. The van der Waals surface area contributed by atoms with Crippen molar-refractivity contribution in [1.82, 2.24) is 0 Å². The lowest BCUT2D eigenvalue weighted by Gasteiger charge is -2.23. The first-order valence-corrected chi connectivity index (χ1v) is 17.8. The van der Waals surface area contributed by atoms with Gasteiger partial charge in [-0.05, 0) is 55.3 Å². The van der Waals surface area contributed by atoms with Crippen LogP contribution < -0.4 is 14.7 Å². The fourth-order valence-corrected chi connectivity index (χ4v) is 7.84. The molecule has 0 aliphatic rings. The Morgan fingerprint density at radius 2 is 1.12 bits per heavy atom. The van der Waals surface area contributed by atoms with Gasteiger partial charge in [0.2, 0.25) is 0 Å². The van der Waals surface area contributed by atoms with Gasteiger partial charge in [0, 0.05) is 5.69 Å². The molecule has 12 heteroatoms. The number of benzene rings is 3. The van der Waals surface area contributed by atoms with Crippen LogP contribution in [0.3, 0.4) is 0 Å². The molecule has 3 aromatic rings. The zero-order chi connectivity index (χ0) is 29.1. The molecule has 3 rings (SSSR count). The Kier molecular flexibility index (Phi) is 11.8. The van der Waals surface area contributed by atoms with Crippen molar-refractivity contribution < 1.29 is 30.4 Å². The number of nitrogens with one attached hydrogen (secondary N) is 2. The van der Waals surface area contributed by atoms with Gasteiger partial charge in [-0.2, -0.15) is 0 Å². The second-order valence-corrected chi connectivity index (χ2v) is 14.5. The van der Waals surface area contributed by atoms with E-state index in [-0.39, 0.29) is 39.7 Å². The van der Waals surface area contributed by atoms with Crippen LogP contribution in [0.2, 0.25) is 0 Å². The molecule has 0 aliphatic heterocycles. The maximum absolute atomic E-state index is 14.3. The molecular formula is C28H37N2O7PS2. The largest absolute Gasteiger partial charge is 0.363 e. The van der Waals surface area contributed by atoms with E-state index in [1.165, 1.54) is 42.5 Å². The molecule has 0 spiro atoms. The van der Waals surface area contributed by atoms with Crippen LogP contribution in [0, 0.1) is 0 Å². The lowest BCUT2D eigenvalue weighted by Crippen LogP contribution is -2.22. The third-order valence-corrected chi connectivity index (χ3v) is 10.7. The Morgan fingerprint density at radius 1 is 0.650 bits per heavy atom. The smallest absolute Gasteiger partial charge is 0.305 e. The average Bonchev–Trinajstić information content (AvgIpc) is 2.95. The van der Waals surface area contributed by atoms with Crippen molar-refractivity contribution in [3.8, 4) is 0 Å². The molecule has 0 amide bonds. The summed E-state index contributed by atoms with van der Waals surface area (Å²) < 4.78 is 83.4. The van der Waals surface area contributed by atoms with E-state index in [2.05, 4.69) is 9.44 Å². The summed E-state index contributed by atoms with van der Waals surface area (Å²) in [4.78, 5) is 0.0533. The van der Waals surface area contributed by atoms with Gasteiger partial charge in [-0.3, -0.25) is 14.0 Å².